The molecule has 124 valence electrons. The normalized spacial score (nSPS) is 21.3. The molecule has 0 saturated heterocycles. The predicted molar refractivity (Wildman–Crippen MR) is 85.8 cm³/mol. The van der Waals surface area contributed by atoms with Crippen molar-refractivity contribution in [3.63, 3.8) is 0 Å². The zero-order valence-corrected chi connectivity index (χ0v) is 13.4. The fourth-order valence-corrected chi connectivity index (χ4v) is 3.16. The number of aliphatic hydroxyl groups is 1. The van der Waals surface area contributed by atoms with Gasteiger partial charge in [0.15, 0.2) is 5.65 Å². The Morgan fingerprint density at radius 2 is 2.22 bits per heavy atom. The number of amides is 2. The van der Waals surface area contributed by atoms with Crippen LogP contribution in [0.5, 0.6) is 0 Å². The van der Waals surface area contributed by atoms with Crippen LogP contribution in [-0.2, 0) is 6.54 Å². The van der Waals surface area contributed by atoms with Crippen molar-refractivity contribution < 1.29 is 9.90 Å². The van der Waals surface area contributed by atoms with E-state index in [0.29, 0.717) is 13.1 Å². The van der Waals surface area contributed by atoms with Crippen LogP contribution in [0.15, 0.2) is 24.5 Å². The third-order valence-corrected chi connectivity index (χ3v) is 4.51. The molecule has 7 heteroatoms. The molecule has 2 N–H and O–H groups in total. The number of aliphatic hydroxyl groups excluding tert-OH is 1. The second-order valence-electron chi connectivity index (χ2n) is 6.19. The lowest BCUT2D eigenvalue weighted by Crippen LogP contribution is -2.42. The smallest absolute Gasteiger partial charge is 0.317 e. The third-order valence-electron chi connectivity index (χ3n) is 4.51. The van der Waals surface area contributed by atoms with Gasteiger partial charge in [0.05, 0.1) is 24.5 Å². The summed E-state index contributed by atoms with van der Waals surface area (Å²) < 4.78 is 1.71. The molecule has 1 fully saturated rings. The number of carbonyl (C=O) groups is 1. The monoisotopic (exact) mass is 317 g/mol. The van der Waals surface area contributed by atoms with Crippen molar-refractivity contribution in [1.29, 1.82) is 0 Å². The number of aromatic nitrogens is 3. The van der Waals surface area contributed by atoms with E-state index in [1.54, 1.807) is 28.9 Å². The van der Waals surface area contributed by atoms with E-state index in [-0.39, 0.29) is 18.1 Å². The molecule has 2 heterocycles. The molecular formula is C16H23N5O2. The van der Waals surface area contributed by atoms with E-state index in [1.165, 1.54) is 0 Å². The number of hydrogen-bond donors (Lipinski definition) is 2. The van der Waals surface area contributed by atoms with E-state index in [4.69, 9.17) is 0 Å². The molecule has 7 nitrogen and oxygen atoms in total. The second-order valence-corrected chi connectivity index (χ2v) is 6.19. The van der Waals surface area contributed by atoms with Crippen LogP contribution >= 0.6 is 0 Å². The van der Waals surface area contributed by atoms with Crippen LogP contribution in [-0.4, -0.2) is 50.3 Å². The Balaban J connectivity index is 1.55. The van der Waals surface area contributed by atoms with Gasteiger partial charge in [0, 0.05) is 31.8 Å². The van der Waals surface area contributed by atoms with Gasteiger partial charge >= 0.3 is 6.03 Å². The van der Waals surface area contributed by atoms with Crippen LogP contribution in [0.25, 0.3) is 5.65 Å². The summed E-state index contributed by atoms with van der Waals surface area (Å²) in [6.45, 7) is 0.970. The number of nitrogens with one attached hydrogen (secondary N) is 1. The van der Waals surface area contributed by atoms with Crippen molar-refractivity contribution in [1.82, 2.24) is 24.8 Å². The Hall–Kier alpha value is -2.15. The number of carbonyl (C=O) groups excluding carboxylic acids is 1. The zero-order valence-electron chi connectivity index (χ0n) is 13.4. The summed E-state index contributed by atoms with van der Waals surface area (Å²) in [5, 5.41) is 17.1. The summed E-state index contributed by atoms with van der Waals surface area (Å²) in [4.78, 5) is 18.1. The fraction of sp³-hybridized carbons (Fsp3) is 0.562. The molecule has 2 unspecified atom stereocenters. The van der Waals surface area contributed by atoms with E-state index in [9.17, 15) is 9.90 Å². The first-order valence-electron chi connectivity index (χ1n) is 8.10. The van der Waals surface area contributed by atoms with Crippen LogP contribution in [0.3, 0.4) is 0 Å². The van der Waals surface area contributed by atoms with Crippen molar-refractivity contribution in [2.75, 3.05) is 13.6 Å². The largest absolute Gasteiger partial charge is 0.393 e. The Morgan fingerprint density at radius 3 is 3.04 bits per heavy atom. The molecule has 0 aliphatic heterocycles. The Labute approximate surface area is 135 Å². The van der Waals surface area contributed by atoms with Crippen LogP contribution in [0, 0.1) is 5.92 Å². The molecule has 1 aliphatic carbocycles. The molecule has 2 atom stereocenters. The topological polar surface area (TPSA) is 82.8 Å². The maximum absolute atomic E-state index is 12.3. The van der Waals surface area contributed by atoms with Gasteiger partial charge in [-0.1, -0.05) is 12.8 Å². The van der Waals surface area contributed by atoms with Gasteiger partial charge in [-0.2, -0.15) is 5.10 Å². The highest BCUT2D eigenvalue weighted by atomic mass is 16.3. The van der Waals surface area contributed by atoms with E-state index < -0.39 is 0 Å². The number of hydrogen-bond acceptors (Lipinski definition) is 4. The van der Waals surface area contributed by atoms with E-state index >= 15 is 0 Å². The van der Waals surface area contributed by atoms with Crippen LogP contribution < -0.4 is 5.32 Å². The number of nitrogens with zero attached hydrogens (tertiary/aromatic N) is 4. The quantitative estimate of drug-likeness (QED) is 0.893. The minimum atomic E-state index is -0.289. The average molecular weight is 317 g/mol. The molecule has 3 rings (SSSR count). The summed E-state index contributed by atoms with van der Waals surface area (Å²) in [6.07, 6.45) is 7.14. The van der Waals surface area contributed by atoms with Crippen LogP contribution in [0.4, 0.5) is 4.79 Å². The first-order valence-corrected chi connectivity index (χ1v) is 8.10. The van der Waals surface area contributed by atoms with Gasteiger partial charge in [-0.25, -0.2) is 14.3 Å². The van der Waals surface area contributed by atoms with Crippen molar-refractivity contribution >= 4 is 11.7 Å². The highest BCUT2D eigenvalue weighted by molar-refractivity contribution is 5.73. The molecule has 1 saturated carbocycles. The van der Waals surface area contributed by atoms with Gasteiger partial charge in [-0.3, -0.25) is 0 Å². The molecule has 2 amide bonds. The van der Waals surface area contributed by atoms with Crippen molar-refractivity contribution in [3.8, 4) is 0 Å². The molecule has 0 radical (unpaired) electrons. The highest BCUT2D eigenvalue weighted by Crippen LogP contribution is 2.24. The first kappa shape index (κ1) is 15.7. The molecule has 2 aromatic rings. The molecule has 1 aliphatic rings. The minimum absolute atomic E-state index is 0.139. The average Bonchev–Trinajstić information content (AvgIpc) is 3.03. The summed E-state index contributed by atoms with van der Waals surface area (Å²) in [5.41, 5.74) is 1.63. The summed E-state index contributed by atoms with van der Waals surface area (Å²) in [7, 11) is 1.77. The third kappa shape index (κ3) is 3.61. The fourth-order valence-electron chi connectivity index (χ4n) is 3.16. The van der Waals surface area contributed by atoms with E-state index in [0.717, 1.165) is 37.0 Å². The lowest BCUT2D eigenvalue weighted by molar-refractivity contribution is 0.0564. The van der Waals surface area contributed by atoms with Gasteiger partial charge in [0.1, 0.15) is 0 Å². The van der Waals surface area contributed by atoms with Gasteiger partial charge in [0.25, 0.3) is 0 Å². The van der Waals surface area contributed by atoms with Crippen molar-refractivity contribution in [3.05, 3.63) is 30.2 Å². The van der Waals surface area contributed by atoms with Crippen LogP contribution in [0.2, 0.25) is 0 Å². The lowest BCUT2D eigenvalue weighted by Gasteiger charge is -2.31. The van der Waals surface area contributed by atoms with Crippen LogP contribution in [0.1, 0.15) is 31.4 Å². The van der Waals surface area contributed by atoms with Crippen molar-refractivity contribution in [2.24, 2.45) is 5.92 Å². The minimum Gasteiger partial charge on any atom is -0.393 e. The molecule has 2 aromatic heterocycles. The summed E-state index contributed by atoms with van der Waals surface area (Å²) in [5.74, 6) is 0.179. The number of urea groups is 1. The number of fused-ring (bicyclic) bond motifs is 1. The van der Waals surface area contributed by atoms with Crippen molar-refractivity contribution in [2.45, 2.75) is 38.3 Å². The predicted octanol–water partition coefficient (Wildman–Crippen LogP) is 1.42. The number of rotatable bonds is 4. The molecular weight excluding hydrogens is 294 g/mol. The Morgan fingerprint density at radius 1 is 1.39 bits per heavy atom. The van der Waals surface area contributed by atoms with Gasteiger partial charge < -0.3 is 15.3 Å². The van der Waals surface area contributed by atoms with Gasteiger partial charge in [0.2, 0.25) is 0 Å². The Bertz CT molecular complexity index is 671. The zero-order chi connectivity index (χ0) is 16.2. The molecule has 23 heavy (non-hydrogen) atoms. The Kier molecular flexibility index (Phi) is 4.76. The molecule has 0 aromatic carbocycles. The lowest BCUT2D eigenvalue weighted by atomic mass is 9.86. The SMILES string of the molecule is CN(CC1CCCCC1O)C(=O)NCc1ccnc2ccnn12. The first-order chi connectivity index (χ1) is 11.1. The molecule has 0 bridgehead atoms. The standard InChI is InChI=1S/C16H23N5O2/c1-20(11-12-4-2-3-5-14(12)22)16(23)18-10-13-6-8-17-15-7-9-19-21(13)15/h6-9,12,14,22H,2-5,10-11H2,1H3,(H,18,23). The highest BCUT2D eigenvalue weighted by Gasteiger charge is 2.25. The molecule has 0 spiro atoms. The van der Waals surface area contributed by atoms with E-state index in [2.05, 4.69) is 15.4 Å². The summed E-state index contributed by atoms with van der Waals surface area (Å²) in [6, 6.07) is 3.52. The van der Waals surface area contributed by atoms with Gasteiger partial charge in [-0.15, -0.1) is 0 Å². The second kappa shape index (κ2) is 6.95. The summed E-state index contributed by atoms with van der Waals surface area (Å²) >= 11 is 0. The van der Waals surface area contributed by atoms with Gasteiger partial charge in [-0.05, 0) is 18.9 Å². The van der Waals surface area contributed by atoms with E-state index in [1.807, 2.05) is 12.1 Å². The maximum atomic E-state index is 12.3. The maximum Gasteiger partial charge on any atom is 0.317 e.